The first kappa shape index (κ1) is 30.7. The molecule has 0 aliphatic heterocycles. The van der Waals surface area contributed by atoms with Gasteiger partial charge in [-0.15, -0.1) is 0 Å². The SMILES string of the molecule is CCCCNC(=O)[C@H](Cc1ccccc1)N(Cc1ccccc1F)C(=O)CN(c1ccc(F)c(F)c1)S(C)(=O)=O. The van der Waals surface area contributed by atoms with Crippen LogP contribution in [0.25, 0.3) is 0 Å². The summed E-state index contributed by atoms with van der Waals surface area (Å²) in [5.74, 6) is -4.40. The Morgan fingerprint density at radius 2 is 1.57 bits per heavy atom. The number of unbranched alkanes of at least 4 members (excludes halogenated alkanes) is 1. The molecule has 40 heavy (non-hydrogen) atoms. The molecule has 1 atom stereocenters. The monoisotopic (exact) mass is 575 g/mol. The van der Waals surface area contributed by atoms with Crippen LogP contribution in [0.5, 0.6) is 0 Å². The van der Waals surface area contributed by atoms with Crippen molar-refractivity contribution < 1.29 is 31.2 Å². The van der Waals surface area contributed by atoms with E-state index in [1.165, 1.54) is 18.2 Å². The number of halogens is 3. The van der Waals surface area contributed by atoms with Gasteiger partial charge in [-0.25, -0.2) is 21.6 Å². The highest BCUT2D eigenvalue weighted by molar-refractivity contribution is 7.92. The number of carbonyl (C=O) groups is 2. The van der Waals surface area contributed by atoms with Crippen LogP contribution in [0.1, 0.15) is 30.9 Å². The van der Waals surface area contributed by atoms with Gasteiger partial charge in [0.05, 0.1) is 11.9 Å². The van der Waals surface area contributed by atoms with Crippen molar-refractivity contribution in [3.63, 3.8) is 0 Å². The number of anilines is 1. The van der Waals surface area contributed by atoms with Crippen molar-refractivity contribution >= 4 is 27.5 Å². The number of rotatable bonds is 13. The van der Waals surface area contributed by atoms with Crippen molar-refractivity contribution in [1.82, 2.24) is 10.2 Å². The molecule has 0 aliphatic rings. The van der Waals surface area contributed by atoms with Gasteiger partial charge in [0.1, 0.15) is 18.4 Å². The second kappa shape index (κ2) is 14.0. The lowest BCUT2D eigenvalue weighted by atomic mass is 10.0. The molecule has 0 bridgehead atoms. The molecule has 2 amide bonds. The maximum absolute atomic E-state index is 14.7. The van der Waals surface area contributed by atoms with E-state index in [-0.39, 0.29) is 24.2 Å². The average Bonchev–Trinajstić information content (AvgIpc) is 2.91. The van der Waals surface area contributed by atoms with Gasteiger partial charge in [0.15, 0.2) is 11.6 Å². The maximum Gasteiger partial charge on any atom is 0.244 e. The highest BCUT2D eigenvalue weighted by atomic mass is 32.2. The van der Waals surface area contributed by atoms with Crippen molar-refractivity contribution in [3.05, 3.63) is 101 Å². The summed E-state index contributed by atoms with van der Waals surface area (Å²) >= 11 is 0. The Labute approximate surface area is 232 Å². The van der Waals surface area contributed by atoms with Crippen LogP contribution in [0.15, 0.2) is 72.8 Å². The van der Waals surface area contributed by atoms with Gasteiger partial charge in [0.25, 0.3) is 0 Å². The molecule has 0 radical (unpaired) electrons. The van der Waals surface area contributed by atoms with Crippen LogP contribution in [0.2, 0.25) is 0 Å². The van der Waals surface area contributed by atoms with Gasteiger partial charge < -0.3 is 10.2 Å². The minimum atomic E-state index is -4.16. The first-order chi connectivity index (χ1) is 19.0. The molecule has 0 aromatic heterocycles. The fourth-order valence-corrected chi connectivity index (χ4v) is 4.97. The Morgan fingerprint density at radius 1 is 0.900 bits per heavy atom. The first-order valence-corrected chi connectivity index (χ1v) is 14.6. The average molecular weight is 576 g/mol. The Balaban J connectivity index is 2.05. The van der Waals surface area contributed by atoms with Crippen molar-refractivity contribution in [2.45, 2.75) is 38.8 Å². The molecule has 3 rings (SSSR count). The summed E-state index contributed by atoms with van der Waals surface area (Å²) < 4.78 is 68.2. The quantitative estimate of drug-likeness (QED) is 0.306. The Bertz CT molecular complexity index is 1420. The van der Waals surface area contributed by atoms with Gasteiger partial charge in [-0.1, -0.05) is 61.9 Å². The number of nitrogens with zero attached hydrogens (tertiary/aromatic N) is 2. The summed E-state index contributed by atoms with van der Waals surface area (Å²) in [6.45, 7) is 1.15. The largest absolute Gasteiger partial charge is 0.354 e. The molecule has 0 aliphatic carbocycles. The van der Waals surface area contributed by atoms with Gasteiger partial charge in [-0.3, -0.25) is 13.9 Å². The van der Waals surface area contributed by atoms with E-state index >= 15 is 0 Å². The van der Waals surface area contributed by atoms with E-state index in [4.69, 9.17) is 0 Å². The first-order valence-electron chi connectivity index (χ1n) is 12.8. The van der Waals surface area contributed by atoms with Crippen LogP contribution in [0.3, 0.4) is 0 Å². The molecule has 214 valence electrons. The van der Waals surface area contributed by atoms with E-state index < -0.39 is 51.9 Å². The third-order valence-electron chi connectivity index (χ3n) is 6.27. The molecule has 0 fully saturated rings. The van der Waals surface area contributed by atoms with E-state index in [0.717, 1.165) is 35.3 Å². The number of nitrogens with one attached hydrogen (secondary N) is 1. The molecule has 3 aromatic carbocycles. The van der Waals surface area contributed by atoms with Crippen molar-refractivity contribution in [2.75, 3.05) is 23.7 Å². The van der Waals surface area contributed by atoms with E-state index in [2.05, 4.69) is 5.32 Å². The minimum Gasteiger partial charge on any atom is -0.354 e. The van der Waals surface area contributed by atoms with Gasteiger partial charge in [0, 0.05) is 31.1 Å². The Hall–Kier alpha value is -3.86. The number of sulfonamides is 1. The predicted molar refractivity (Wildman–Crippen MR) is 147 cm³/mol. The minimum absolute atomic E-state index is 0.0725. The normalized spacial score (nSPS) is 12.0. The highest BCUT2D eigenvalue weighted by Crippen LogP contribution is 2.23. The van der Waals surface area contributed by atoms with Crippen LogP contribution < -0.4 is 9.62 Å². The van der Waals surface area contributed by atoms with Crippen LogP contribution in [-0.2, 0) is 32.6 Å². The topological polar surface area (TPSA) is 86.8 Å². The fraction of sp³-hybridized carbons (Fsp3) is 0.310. The number of amides is 2. The summed E-state index contributed by atoms with van der Waals surface area (Å²) in [5, 5.41) is 2.82. The second-order valence-electron chi connectivity index (χ2n) is 9.33. The van der Waals surface area contributed by atoms with Crippen LogP contribution >= 0.6 is 0 Å². The molecule has 0 spiro atoms. The Kier molecular flexibility index (Phi) is 10.7. The number of carbonyl (C=O) groups excluding carboxylic acids is 2. The third kappa shape index (κ3) is 8.32. The summed E-state index contributed by atoms with van der Waals surface area (Å²) in [4.78, 5) is 28.4. The molecule has 3 aromatic rings. The molecule has 1 N–H and O–H groups in total. The van der Waals surface area contributed by atoms with Gasteiger partial charge in [-0.05, 0) is 30.2 Å². The van der Waals surface area contributed by atoms with Crippen molar-refractivity contribution in [3.8, 4) is 0 Å². The van der Waals surface area contributed by atoms with E-state index in [0.29, 0.717) is 23.3 Å². The van der Waals surface area contributed by atoms with E-state index in [1.807, 2.05) is 6.92 Å². The smallest absolute Gasteiger partial charge is 0.244 e. The Morgan fingerprint density at radius 3 is 2.20 bits per heavy atom. The molecule has 11 heteroatoms. The van der Waals surface area contributed by atoms with Crippen LogP contribution in [-0.4, -0.2) is 50.5 Å². The summed E-state index contributed by atoms with van der Waals surface area (Å²) in [6.07, 6.45) is 2.41. The van der Waals surface area contributed by atoms with E-state index in [1.54, 1.807) is 36.4 Å². The van der Waals surface area contributed by atoms with Gasteiger partial charge >= 0.3 is 0 Å². The molecule has 0 saturated heterocycles. The molecule has 7 nitrogen and oxygen atoms in total. The number of hydrogen-bond acceptors (Lipinski definition) is 4. The molecular formula is C29H32F3N3O4S. The lowest BCUT2D eigenvalue weighted by molar-refractivity contribution is -0.140. The summed E-state index contributed by atoms with van der Waals surface area (Å²) in [7, 11) is -4.16. The fourth-order valence-electron chi connectivity index (χ4n) is 4.12. The summed E-state index contributed by atoms with van der Waals surface area (Å²) in [6, 6.07) is 16.0. The van der Waals surface area contributed by atoms with Crippen molar-refractivity contribution in [1.29, 1.82) is 0 Å². The van der Waals surface area contributed by atoms with Crippen LogP contribution in [0.4, 0.5) is 18.9 Å². The van der Waals surface area contributed by atoms with Crippen molar-refractivity contribution in [2.24, 2.45) is 0 Å². The molecule has 0 heterocycles. The number of hydrogen-bond donors (Lipinski definition) is 1. The summed E-state index contributed by atoms with van der Waals surface area (Å²) in [5.41, 5.74) is 0.576. The lowest BCUT2D eigenvalue weighted by Gasteiger charge is -2.33. The molecule has 0 saturated carbocycles. The lowest BCUT2D eigenvalue weighted by Crippen LogP contribution is -2.53. The number of benzene rings is 3. The standard InChI is InChI=1S/C29H32F3N3O4S/c1-3-4-16-33-29(37)27(17-21-10-6-5-7-11-21)34(19-22-12-8-9-13-24(22)30)28(36)20-35(40(2,38)39)23-14-15-25(31)26(32)18-23/h5-15,18,27H,3-4,16-17,19-20H2,1-2H3,(H,33,37)/t27-/m0/s1. The maximum atomic E-state index is 14.7. The highest BCUT2D eigenvalue weighted by Gasteiger charge is 2.33. The zero-order chi connectivity index (χ0) is 29.3. The van der Waals surface area contributed by atoms with E-state index in [9.17, 15) is 31.2 Å². The second-order valence-corrected chi connectivity index (χ2v) is 11.2. The van der Waals surface area contributed by atoms with Gasteiger partial charge in [-0.2, -0.15) is 0 Å². The predicted octanol–water partition coefficient (Wildman–Crippen LogP) is 4.43. The molecular weight excluding hydrogens is 543 g/mol. The third-order valence-corrected chi connectivity index (χ3v) is 7.41. The van der Waals surface area contributed by atoms with Gasteiger partial charge in [0.2, 0.25) is 21.8 Å². The zero-order valence-corrected chi connectivity index (χ0v) is 23.1. The molecule has 0 unspecified atom stereocenters. The zero-order valence-electron chi connectivity index (χ0n) is 22.3. The van der Waals surface area contributed by atoms with Crippen LogP contribution in [0, 0.1) is 17.5 Å².